The lowest BCUT2D eigenvalue weighted by Gasteiger charge is -2.24. The Morgan fingerprint density at radius 2 is 2.33 bits per heavy atom. The third kappa shape index (κ3) is 1.94. The Morgan fingerprint density at radius 3 is 2.83 bits per heavy atom. The van der Waals surface area contributed by atoms with Crippen LogP contribution in [0.1, 0.15) is 18.8 Å². The predicted octanol–water partition coefficient (Wildman–Crippen LogP) is -0.469. The highest BCUT2D eigenvalue weighted by atomic mass is 19.1. The van der Waals surface area contributed by atoms with E-state index in [4.69, 9.17) is 9.84 Å². The normalized spacial score (nSPS) is 35.9. The van der Waals surface area contributed by atoms with Gasteiger partial charge in [-0.1, -0.05) is 0 Å². The zero-order valence-corrected chi connectivity index (χ0v) is 10.1. The number of halogens is 1. The van der Waals surface area contributed by atoms with Crippen LogP contribution in [0.5, 0.6) is 0 Å². The van der Waals surface area contributed by atoms with E-state index in [-0.39, 0.29) is 0 Å². The number of aryl methyl sites for hydroxylation is 1. The number of hydrogen-bond donors (Lipinski definition) is 2. The Hall–Kier alpha value is -1.31. The molecule has 0 aromatic carbocycles. The number of rotatable bonds is 2. The first-order valence-corrected chi connectivity index (χ1v) is 5.55. The van der Waals surface area contributed by atoms with Gasteiger partial charge in [0, 0.05) is 11.9 Å². The van der Waals surface area contributed by atoms with Crippen molar-refractivity contribution in [2.24, 2.45) is 0 Å². The summed E-state index contributed by atoms with van der Waals surface area (Å²) in [4.78, 5) is 15.3. The molecule has 1 fully saturated rings. The van der Waals surface area contributed by atoms with E-state index in [1.54, 1.807) is 13.0 Å². The Labute approximate surface area is 103 Å². The second kappa shape index (κ2) is 4.42. The van der Waals surface area contributed by atoms with Crippen LogP contribution >= 0.6 is 0 Å². The van der Waals surface area contributed by atoms with Crippen LogP contribution in [0.2, 0.25) is 0 Å². The molecule has 0 unspecified atom stereocenters. The minimum atomic E-state index is -1.80. The molecule has 0 amide bonds. The maximum absolute atomic E-state index is 14.0. The summed E-state index contributed by atoms with van der Waals surface area (Å²) in [6.07, 6.45) is -3.22. The van der Waals surface area contributed by atoms with Crippen LogP contribution in [0.15, 0.2) is 17.1 Å². The number of alkyl halides is 1. The fourth-order valence-electron chi connectivity index (χ4n) is 1.94. The molecule has 100 valence electrons. The second-order valence-electron chi connectivity index (χ2n) is 4.63. The summed E-state index contributed by atoms with van der Waals surface area (Å²) in [6, 6.07) is 1.54. The van der Waals surface area contributed by atoms with Crippen LogP contribution in [-0.4, -0.2) is 44.2 Å². The van der Waals surface area contributed by atoms with Crippen molar-refractivity contribution < 1.29 is 19.3 Å². The van der Waals surface area contributed by atoms with Crippen molar-refractivity contribution in [2.45, 2.75) is 38.0 Å². The summed E-state index contributed by atoms with van der Waals surface area (Å²) >= 11 is 0. The lowest BCUT2D eigenvalue weighted by molar-refractivity contribution is -0.117. The molecule has 1 aliphatic heterocycles. The van der Waals surface area contributed by atoms with Crippen LogP contribution in [0.25, 0.3) is 0 Å². The molecule has 2 N–H and O–H groups in total. The van der Waals surface area contributed by atoms with Gasteiger partial charge in [0.05, 0.1) is 6.61 Å². The van der Waals surface area contributed by atoms with Gasteiger partial charge < -0.3 is 14.9 Å². The maximum atomic E-state index is 14.0. The molecule has 2 rings (SSSR count). The molecular weight excluding hydrogens is 243 g/mol. The Kier molecular flexibility index (Phi) is 3.22. The van der Waals surface area contributed by atoms with Crippen LogP contribution in [0, 0.1) is 6.92 Å². The summed E-state index contributed by atoms with van der Waals surface area (Å²) in [5.74, 6) is 0. The molecule has 1 aromatic heterocycles. The van der Waals surface area contributed by atoms with Gasteiger partial charge in [-0.2, -0.15) is 4.98 Å². The average Bonchev–Trinajstić information content (AvgIpc) is 2.55. The van der Waals surface area contributed by atoms with Crippen molar-refractivity contribution in [3.8, 4) is 0 Å². The van der Waals surface area contributed by atoms with Crippen molar-refractivity contribution in [2.75, 3.05) is 6.61 Å². The van der Waals surface area contributed by atoms with Gasteiger partial charge in [-0.15, -0.1) is 0 Å². The summed E-state index contributed by atoms with van der Waals surface area (Å²) in [5.41, 5.74) is -1.57. The van der Waals surface area contributed by atoms with Gasteiger partial charge in [-0.25, -0.2) is 9.18 Å². The number of ether oxygens (including phenoxy) is 1. The molecule has 6 nitrogen and oxygen atoms in total. The standard InChI is InChI=1S/C11H15FN2O4/c1-6-3-4-14(10(17)13-6)9-7(12)8(16)11(2,5-15)18-9/h3-4,7-9,15-16H,5H2,1-2H3/t7-,8+,9-,11-/m1/s1. The van der Waals surface area contributed by atoms with Crippen molar-refractivity contribution >= 4 is 0 Å². The van der Waals surface area contributed by atoms with Crippen molar-refractivity contribution in [1.29, 1.82) is 0 Å². The lowest BCUT2D eigenvalue weighted by Crippen LogP contribution is -2.42. The van der Waals surface area contributed by atoms with Crippen LogP contribution in [0.4, 0.5) is 4.39 Å². The van der Waals surface area contributed by atoms with E-state index in [2.05, 4.69) is 4.98 Å². The zero-order chi connectivity index (χ0) is 13.5. The third-order valence-electron chi connectivity index (χ3n) is 3.15. The first-order valence-electron chi connectivity index (χ1n) is 5.55. The third-order valence-corrected chi connectivity index (χ3v) is 3.15. The minimum absolute atomic E-state index is 0.509. The van der Waals surface area contributed by atoms with E-state index < -0.39 is 36.4 Å². The first kappa shape index (κ1) is 13.1. The molecule has 1 saturated heterocycles. The average molecular weight is 258 g/mol. The van der Waals surface area contributed by atoms with E-state index >= 15 is 0 Å². The number of nitrogens with zero attached hydrogens (tertiary/aromatic N) is 2. The van der Waals surface area contributed by atoms with Crippen molar-refractivity contribution in [1.82, 2.24) is 9.55 Å². The fraction of sp³-hybridized carbons (Fsp3) is 0.636. The molecule has 0 saturated carbocycles. The highest BCUT2D eigenvalue weighted by Gasteiger charge is 2.53. The maximum Gasteiger partial charge on any atom is 0.349 e. The highest BCUT2D eigenvalue weighted by molar-refractivity contribution is 5.02. The molecule has 2 heterocycles. The quantitative estimate of drug-likeness (QED) is 0.749. The topological polar surface area (TPSA) is 84.6 Å². The summed E-state index contributed by atoms with van der Waals surface area (Å²) in [5, 5.41) is 18.8. The molecule has 0 spiro atoms. The fourth-order valence-corrected chi connectivity index (χ4v) is 1.94. The van der Waals surface area contributed by atoms with E-state index in [0.29, 0.717) is 5.69 Å². The van der Waals surface area contributed by atoms with Crippen LogP contribution < -0.4 is 5.69 Å². The van der Waals surface area contributed by atoms with Gasteiger partial charge in [-0.05, 0) is 19.9 Å². The van der Waals surface area contributed by atoms with Gasteiger partial charge >= 0.3 is 5.69 Å². The van der Waals surface area contributed by atoms with Gasteiger partial charge in [0.25, 0.3) is 0 Å². The predicted molar refractivity (Wildman–Crippen MR) is 59.7 cm³/mol. The summed E-state index contributed by atoms with van der Waals surface area (Å²) < 4.78 is 20.2. The first-order chi connectivity index (χ1) is 8.39. The minimum Gasteiger partial charge on any atom is -0.393 e. The molecular formula is C11H15FN2O4. The molecule has 1 aromatic rings. The van der Waals surface area contributed by atoms with Gasteiger partial charge in [0.1, 0.15) is 11.7 Å². The van der Waals surface area contributed by atoms with Crippen LogP contribution in [-0.2, 0) is 4.74 Å². The van der Waals surface area contributed by atoms with Gasteiger partial charge in [0.15, 0.2) is 12.4 Å². The van der Waals surface area contributed by atoms with E-state index in [1.807, 2.05) is 0 Å². The Balaban J connectivity index is 2.38. The molecule has 0 radical (unpaired) electrons. The smallest absolute Gasteiger partial charge is 0.349 e. The molecule has 7 heteroatoms. The largest absolute Gasteiger partial charge is 0.393 e. The summed E-state index contributed by atoms with van der Waals surface area (Å²) in [6.45, 7) is 2.48. The SMILES string of the molecule is Cc1ccn([C@@H]2O[C@](C)(CO)[C@@H](O)[C@H]2F)c(=O)n1. The van der Waals surface area contributed by atoms with E-state index in [1.165, 1.54) is 13.1 Å². The monoisotopic (exact) mass is 258 g/mol. The zero-order valence-electron chi connectivity index (χ0n) is 10.1. The second-order valence-corrected chi connectivity index (χ2v) is 4.63. The number of aliphatic hydroxyl groups excluding tert-OH is 2. The lowest BCUT2D eigenvalue weighted by atomic mass is 9.99. The molecule has 1 aliphatic rings. The number of aromatic nitrogens is 2. The van der Waals surface area contributed by atoms with Gasteiger partial charge in [0.2, 0.25) is 0 Å². The van der Waals surface area contributed by atoms with Crippen LogP contribution in [0.3, 0.4) is 0 Å². The molecule has 4 atom stereocenters. The molecule has 0 bridgehead atoms. The van der Waals surface area contributed by atoms with Gasteiger partial charge in [-0.3, -0.25) is 4.57 Å². The van der Waals surface area contributed by atoms with E-state index in [9.17, 15) is 14.3 Å². The Bertz CT molecular complexity index is 506. The van der Waals surface area contributed by atoms with E-state index in [0.717, 1.165) is 4.57 Å². The molecule has 0 aliphatic carbocycles. The molecule has 18 heavy (non-hydrogen) atoms. The van der Waals surface area contributed by atoms with Crippen molar-refractivity contribution in [3.63, 3.8) is 0 Å². The van der Waals surface area contributed by atoms with Crippen molar-refractivity contribution in [3.05, 3.63) is 28.4 Å². The Morgan fingerprint density at radius 1 is 1.67 bits per heavy atom. The summed E-state index contributed by atoms with van der Waals surface area (Å²) in [7, 11) is 0. The highest BCUT2D eigenvalue weighted by Crippen LogP contribution is 2.37. The number of hydrogen-bond acceptors (Lipinski definition) is 5. The number of aliphatic hydroxyl groups is 2.